The number of nitrogens with zero attached hydrogens (tertiary/aromatic N) is 1. The number of pyridine rings is 1. The maximum atomic E-state index is 11.0. The first-order valence-corrected chi connectivity index (χ1v) is 5.65. The van der Waals surface area contributed by atoms with Gasteiger partial charge in [-0.05, 0) is 31.5 Å². The van der Waals surface area contributed by atoms with Crippen LogP contribution in [0.5, 0.6) is 0 Å². The van der Waals surface area contributed by atoms with E-state index in [0.717, 1.165) is 5.56 Å². The van der Waals surface area contributed by atoms with Gasteiger partial charge in [-0.3, -0.25) is 9.78 Å². The van der Waals surface area contributed by atoms with E-state index in [2.05, 4.69) is 24.1 Å². The molecular formula is C13H20N2O2. The number of hydrogen-bond donors (Lipinski definition) is 2. The van der Waals surface area contributed by atoms with Crippen LogP contribution in [0.3, 0.4) is 0 Å². The van der Waals surface area contributed by atoms with Crippen LogP contribution < -0.4 is 5.32 Å². The minimum absolute atomic E-state index is 0.129. The summed E-state index contributed by atoms with van der Waals surface area (Å²) in [5, 5.41) is 12.1. The molecule has 0 bridgehead atoms. The fraction of sp³-hybridized carbons (Fsp3) is 0.538. The van der Waals surface area contributed by atoms with Crippen LogP contribution in [0.2, 0.25) is 0 Å². The largest absolute Gasteiger partial charge is 0.480 e. The van der Waals surface area contributed by atoms with Gasteiger partial charge in [-0.2, -0.15) is 0 Å². The Balaban J connectivity index is 2.72. The Kier molecular flexibility index (Phi) is 3.88. The van der Waals surface area contributed by atoms with Gasteiger partial charge in [0.2, 0.25) is 0 Å². The van der Waals surface area contributed by atoms with Crippen molar-refractivity contribution in [2.75, 3.05) is 6.54 Å². The normalized spacial score (nSPS) is 12.5. The van der Waals surface area contributed by atoms with Crippen LogP contribution in [0.4, 0.5) is 0 Å². The maximum absolute atomic E-state index is 11.0. The lowest BCUT2D eigenvalue weighted by molar-refractivity contribution is -0.143. The second kappa shape index (κ2) is 4.84. The second-order valence-corrected chi connectivity index (χ2v) is 5.40. The number of carbonyl (C=O) groups is 1. The lowest BCUT2D eigenvalue weighted by Crippen LogP contribution is -2.50. The van der Waals surface area contributed by atoms with Crippen molar-refractivity contribution in [2.45, 2.75) is 38.6 Å². The van der Waals surface area contributed by atoms with E-state index in [4.69, 9.17) is 5.11 Å². The Morgan fingerprint density at radius 1 is 1.29 bits per heavy atom. The first-order chi connectivity index (χ1) is 7.76. The predicted octanol–water partition coefficient (Wildman–Crippen LogP) is 1.81. The molecule has 0 aliphatic heterocycles. The molecule has 0 saturated carbocycles. The van der Waals surface area contributed by atoms with Crippen molar-refractivity contribution in [3.05, 3.63) is 30.1 Å². The van der Waals surface area contributed by atoms with E-state index < -0.39 is 11.5 Å². The molecular weight excluding hydrogens is 216 g/mol. The van der Waals surface area contributed by atoms with Crippen molar-refractivity contribution in [1.29, 1.82) is 0 Å². The highest BCUT2D eigenvalue weighted by atomic mass is 16.4. The summed E-state index contributed by atoms with van der Waals surface area (Å²) in [7, 11) is 0. The van der Waals surface area contributed by atoms with E-state index in [9.17, 15) is 4.79 Å². The molecule has 1 heterocycles. The van der Waals surface area contributed by atoms with E-state index >= 15 is 0 Å². The van der Waals surface area contributed by atoms with Crippen LogP contribution in [0.25, 0.3) is 0 Å². The van der Waals surface area contributed by atoms with Gasteiger partial charge in [-0.25, -0.2) is 0 Å². The van der Waals surface area contributed by atoms with Gasteiger partial charge < -0.3 is 10.4 Å². The van der Waals surface area contributed by atoms with Crippen molar-refractivity contribution >= 4 is 5.97 Å². The number of aromatic nitrogens is 1. The Bertz CT molecular complexity index is 386. The third-order valence-corrected chi connectivity index (χ3v) is 2.97. The quantitative estimate of drug-likeness (QED) is 0.818. The lowest BCUT2D eigenvalue weighted by Gasteiger charge is -2.30. The lowest BCUT2D eigenvalue weighted by atomic mass is 9.84. The van der Waals surface area contributed by atoms with Gasteiger partial charge in [0.1, 0.15) is 5.54 Å². The fourth-order valence-electron chi connectivity index (χ4n) is 1.42. The molecule has 0 aliphatic carbocycles. The molecule has 4 nitrogen and oxygen atoms in total. The van der Waals surface area contributed by atoms with Crippen molar-refractivity contribution in [1.82, 2.24) is 10.3 Å². The first kappa shape index (κ1) is 13.6. The zero-order valence-electron chi connectivity index (χ0n) is 10.8. The third-order valence-electron chi connectivity index (χ3n) is 2.97. The fourth-order valence-corrected chi connectivity index (χ4v) is 1.42. The molecule has 2 N–H and O–H groups in total. The Morgan fingerprint density at radius 2 is 1.82 bits per heavy atom. The summed E-state index contributed by atoms with van der Waals surface area (Å²) in [6, 6.07) is 3.91. The van der Waals surface area contributed by atoms with E-state index in [1.807, 2.05) is 12.1 Å². The topological polar surface area (TPSA) is 62.2 Å². The molecule has 0 atom stereocenters. The smallest absolute Gasteiger partial charge is 0.323 e. The van der Waals surface area contributed by atoms with Gasteiger partial charge >= 0.3 is 5.97 Å². The Morgan fingerprint density at radius 3 is 2.29 bits per heavy atom. The molecule has 0 spiro atoms. The summed E-state index contributed by atoms with van der Waals surface area (Å²) < 4.78 is 0. The van der Waals surface area contributed by atoms with Crippen molar-refractivity contribution in [2.24, 2.45) is 0 Å². The van der Waals surface area contributed by atoms with Gasteiger partial charge in [-0.15, -0.1) is 0 Å². The van der Waals surface area contributed by atoms with Crippen LogP contribution in [0, 0.1) is 0 Å². The maximum Gasteiger partial charge on any atom is 0.323 e. The van der Waals surface area contributed by atoms with Crippen molar-refractivity contribution < 1.29 is 9.90 Å². The van der Waals surface area contributed by atoms with E-state index in [-0.39, 0.29) is 5.41 Å². The molecule has 0 saturated heterocycles. The number of hydrogen-bond acceptors (Lipinski definition) is 3. The molecule has 0 unspecified atom stereocenters. The van der Waals surface area contributed by atoms with Gasteiger partial charge in [-0.1, -0.05) is 13.8 Å². The summed E-state index contributed by atoms with van der Waals surface area (Å²) in [4.78, 5) is 15.0. The van der Waals surface area contributed by atoms with Crippen LogP contribution in [0.15, 0.2) is 24.5 Å². The summed E-state index contributed by atoms with van der Waals surface area (Å²) >= 11 is 0. The summed E-state index contributed by atoms with van der Waals surface area (Å²) in [6.07, 6.45) is 3.50. The molecule has 1 aromatic heterocycles. The number of nitrogens with one attached hydrogen (secondary N) is 1. The van der Waals surface area contributed by atoms with Crippen LogP contribution >= 0.6 is 0 Å². The zero-order valence-corrected chi connectivity index (χ0v) is 10.8. The minimum Gasteiger partial charge on any atom is -0.480 e. The summed E-state index contributed by atoms with van der Waals surface area (Å²) in [5.41, 5.74) is 0.0983. The number of rotatable bonds is 5. The van der Waals surface area contributed by atoms with Crippen LogP contribution in [0.1, 0.15) is 33.3 Å². The van der Waals surface area contributed by atoms with E-state index in [1.54, 1.807) is 26.2 Å². The summed E-state index contributed by atoms with van der Waals surface area (Å²) in [5.74, 6) is -0.844. The molecule has 17 heavy (non-hydrogen) atoms. The van der Waals surface area contributed by atoms with E-state index in [1.165, 1.54) is 0 Å². The molecule has 0 amide bonds. The Labute approximate surface area is 102 Å². The predicted molar refractivity (Wildman–Crippen MR) is 67.0 cm³/mol. The average Bonchev–Trinajstić information content (AvgIpc) is 2.28. The van der Waals surface area contributed by atoms with Crippen molar-refractivity contribution in [3.8, 4) is 0 Å². The molecule has 1 rings (SSSR count). The molecule has 1 aromatic rings. The van der Waals surface area contributed by atoms with Gasteiger partial charge in [0.25, 0.3) is 0 Å². The number of carboxylic acid groups (broad SMARTS) is 1. The van der Waals surface area contributed by atoms with Crippen LogP contribution in [-0.2, 0) is 10.2 Å². The second-order valence-electron chi connectivity index (χ2n) is 5.40. The molecule has 0 aromatic carbocycles. The monoisotopic (exact) mass is 236 g/mol. The van der Waals surface area contributed by atoms with Crippen LogP contribution in [-0.4, -0.2) is 28.1 Å². The van der Waals surface area contributed by atoms with E-state index in [0.29, 0.717) is 6.54 Å². The van der Waals surface area contributed by atoms with Crippen molar-refractivity contribution in [3.63, 3.8) is 0 Å². The average molecular weight is 236 g/mol. The standard InChI is InChI=1S/C13H20N2O2/c1-12(2,10-5-7-14-8-6-10)9-15-13(3,4)11(16)17/h5-8,15H,9H2,1-4H3,(H,16,17). The highest BCUT2D eigenvalue weighted by Crippen LogP contribution is 2.22. The third kappa shape index (κ3) is 3.53. The molecule has 0 aliphatic rings. The number of aliphatic carboxylic acids is 1. The first-order valence-electron chi connectivity index (χ1n) is 5.65. The SMILES string of the molecule is CC(C)(NCC(C)(C)c1ccncc1)C(=O)O. The Hall–Kier alpha value is -1.42. The summed E-state index contributed by atoms with van der Waals surface area (Å²) in [6.45, 7) is 8.08. The molecule has 4 heteroatoms. The zero-order chi connectivity index (χ0) is 13.1. The highest BCUT2D eigenvalue weighted by molar-refractivity contribution is 5.77. The van der Waals surface area contributed by atoms with Gasteiger partial charge in [0.15, 0.2) is 0 Å². The molecule has 94 valence electrons. The highest BCUT2D eigenvalue weighted by Gasteiger charge is 2.30. The van der Waals surface area contributed by atoms with Gasteiger partial charge in [0.05, 0.1) is 0 Å². The molecule has 0 radical (unpaired) electrons. The molecule has 0 fully saturated rings. The number of carboxylic acids is 1. The minimum atomic E-state index is -0.912. The van der Waals surface area contributed by atoms with Gasteiger partial charge in [0, 0.05) is 24.4 Å².